The highest BCUT2D eigenvalue weighted by Crippen LogP contribution is 2.50. The molecule has 32 heavy (non-hydrogen) atoms. The molecule has 3 atom stereocenters. The zero-order valence-corrected chi connectivity index (χ0v) is 18.8. The fourth-order valence-electron chi connectivity index (χ4n) is 4.76. The van der Waals surface area contributed by atoms with Crippen LogP contribution in [-0.2, 0) is 10.0 Å². The summed E-state index contributed by atoms with van der Waals surface area (Å²) in [6.07, 6.45) is 5.20. The Morgan fingerprint density at radius 2 is 1.75 bits per heavy atom. The molecule has 0 saturated carbocycles. The molecule has 2 N–H and O–H groups in total. The maximum Gasteiger partial charge on any atom is 0.261 e. The third-order valence-electron chi connectivity index (χ3n) is 6.63. The van der Waals surface area contributed by atoms with Gasteiger partial charge in [0.15, 0.2) is 0 Å². The van der Waals surface area contributed by atoms with Crippen molar-refractivity contribution in [3.63, 3.8) is 0 Å². The van der Waals surface area contributed by atoms with E-state index in [0.29, 0.717) is 5.69 Å². The Kier molecular flexibility index (Phi) is 5.05. The van der Waals surface area contributed by atoms with Crippen LogP contribution in [0.25, 0.3) is 0 Å². The molecule has 0 spiro atoms. The number of halogens is 1. The van der Waals surface area contributed by atoms with Gasteiger partial charge in [0.2, 0.25) is 0 Å². The summed E-state index contributed by atoms with van der Waals surface area (Å²) in [5, 5.41) is 3.57. The van der Waals surface area contributed by atoms with E-state index in [1.165, 1.54) is 12.1 Å². The standard InChI is InChI=1S/C26H25FN2O2S/c1-16-6-11-20(14-17(16)2)29-32(30,31)21-12-13-25-24(15-21)22-4-3-5-23(22)26(28-25)18-7-9-19(27)10-8-18/h3-4,6-15,22-23,26,28-29H,5H2,1-2H3/t22-,23+,26+/m1/s1. The second kappa shape index (κ2) is 7.78. The van der Waals surface area contributed by atoms with E-state index in [-0.39, 0.29) is 28.6 Å². The fraction of sp³-hybridized carbons (Fsp3) is 0.231. The van der Waals surface area contributed by atoms with E-state index in [4.69, 9.17) is 0 Å². The van der Waals surface area contributed by atoms with Crippen LogP contribution in [0.3, 0.4) is 0 Å². The number of aryl methyl sites for hydroxylation is 2. The van der Waals surface area contributed by atoms with Crippen LogP contribution in [0.4, 0.5) is 15.8 Å². The third kappa shape index (κ3) is 3.69. The van der Waals surface area contributed by atoms with Crippen LogP contribution < -0.4 is 10.0 Å². The van der Waals surface area contributed by atoms with E-state index in [1.54, 1.807) is 18.2 Å². The van der Waals surface area contributed by atoms with Gasteiger partial charge in [-0.05, 0) is 90.9 Å². The quantitative estimate of drug-likeness (QED) is 0.476. The summed E-state index contributed by atoms with van der Waals surface area (Å²) in [5.41, 5.74) is 5.62. The number of allylic oxidation sites excluding steroid dienone is 2. The lowest BCUT2D eigenvalue weighted by atomic mass is 9.77. The molecule has 0 amide bonds. The second-order valence-corrected chi connectivity index (χ2v) is 10.4. The highest BCUT2D eigenvalue weighted by molar-refractivity contribution is 7.92. The largest absolute Gasteiger partial charge is 0.378 e. The summed E-state index contributed by atoms with van der Waals surface area (Å²) in [5.74, 6) is 0.105. The minimum Gasteiger partial charge on any atom is -0.378 e. The zero-order valence-electron chi connectivity index (χ0n) is 18.0. The first-order valence-corrected chi connectivity index (χ1v) is 12.2. The van der Waals surface area contributed by atoms with Crippen LogP contribution in [0.2, 0.25) is 0 Å². The Labute approximate surface area is 188 Å². The van der Waals surface area contributed by atoms with Gasteiger partial charge in [0, 0.05) is 17.3 Å². The molecule has 1 aliphatic carbocycles. The normalized spacial score (nSPS) is 21.5. The van der Waals surface area contributed by atoms with E-state index in [2.05, 4.69) is 22.2 Å². The smallest absolute Gasteiger partial charge is 0.261 e. The molecule has 2 aliphatic rings. The number of rotatable bonds is 4. The lowest BCUT2D eigenvalue weighted by Crippen LogP contribution is -2.29. The molecular weight excluding hydrogens is 423 g/mol. The van der Waals surface area contributed by atoms with E-state index in [1.807, 2.05) is 44.2 Å². The van der Waals surface area contributed by atoms with Crippen LogP contribution in [-0.4, -0.2) is 8.42 Å². The zero-order chi connectivity index (χ0) is 22.5. The van der Waals surface area contributed by atoms with Crippen LogP contribution in [0.15, 0.2) is 77.7 Å². The van der Waals surface area contributed by atoms with Gasteiger partial charge in [0.1, 0.15) is 5.82 Å². The summed E-state index contributed by atoms with van der Waals surface area (Å²) in [6.45, 7) is 3.96. The lowest BCUT2D eigenvalue weighted by molar-refractivity contribution is 0.424. The van der Waals surface area contributed by atoms with Crippen LogP contribution >= 0.6 is 0 Å². The lowest BCUT2D eigenvalue weighted by Gasteiger charge is -2.37. The fourth-order valence-corrected chi connectivity index (χ4v) is 5.84. The van der Waals surface area contributed by atoms with Crippen molar-refractivity contribution in [2.24, 2.45) is 5.92 Å². The first-order chi connectivity index (χ1) is 15.3. The molecule has 6 heteroatoms. The number of anilines is 2. The summed E-state index contributed by atoms with van der Waals surface area (Å²) in [4.78, 5) is 0.246. The van der Waals surface area contributed by atoms with Gasteiger partial charge in [0.25, 0.3) is 10.0 Å². The molecule has 1 aliphatic heterocycles. The predicted molar refractivity (Wildman–Crippen MR) is 126 cm³/mol. The molecule has 3 aromatic carbocycles. The maximum atomic E-state index is 13.4. The average Bonchev–Trinajstić information content (AvgIpc) is 3.26. The van der Waals surface area contributed by atoms with E-state index < -0.39 is 10.0 Å². The van der Waals surface area contributed by atoms with E-state index >= 15 is 0 Å². The van der Waals surface area contributed by atoms with Gasteiger partial charge < -0.3 is 5.32 Å². The number of hydrogen-bond acceptors (Lipinski definition) is 3. The first kappa shape index (κ1) is 20.8. The topological polar surface area (TPSA) is 58.2 Å². The molecule has 4 nitrogen and oxygen atoms in total. The SMILES string of the molecule is Cc1ccc(NS(=O)(=O)c2ccc3c(c2)[C@@H]2C=CC[C@@H]2[C@H](c2ccc(F)cc2)N3)cc1C. The summed E-state index contributed by atoms with van der Waals surface area (Å²) in [6, 6.07) is 17.4. The third-order valence-corrected chi connectivity index (χ3v) is 8.01. The molecule has 5 rings (SSSR count). The Bertz CT molecular complexity index is 1320. The van der Waals surface area contributed by atoms with Gasteiger partial charge in [-0.25, -0.2) is 12.8 Å². The van der Waals surface area contributed by atoms with Gasteiger partial charge in [-0.3, -0.25) is 4.72 Å². The average molecular weight is 449 g/mol. The molecule has 0 aromatic heterocycles. The first-order valence-electron chi connectivity index (χ1n) is 10.7. The number of fused-ring (bicyclic) bond motifs is 3. The van der Waals surface area contributed by atoms with Crippen molar-refractivity contribution in [2.75, 3.05) is 10.0 Å². The molecule has 164 valence electrons. The predicted octanol–water partition coefficient (Wildman–Crippen LogP) is 6.07. The second-order valence-electron chi connectivity index (χ2n) is 8.68. The number of nitrogens with one attached hydrogen (secondary N) is 2. The van der Waals surface area contributed by atoms with Crippen molar-refractivity contribution < 1.29 is 12.8 Å². The minimum absolute atomic E-state index is 0.0409. The van der Waals surface area contributed by atoms with Gasteiger partial charge in [-0.15, -0.1) is 0 Å². The summed E-state index contributed by atoms with van der Waals surface area (Å²) in [7, 11) is -3.72. The molecule has 0 radical (unpaired) electrons. The van der Waals surface area contributed by atoms with Crippen LogP contribution in [0.5, 0.6) is 0 Å². The van der Waals surface area contributed by atoms with Gasteiger partial charge in [0.05, 0.1) is 10.9 Å². The van der Waals surface area contributed by atoms with Crippen molar-refractivity contribution >= 4 is 21.4 Å². The Balaban J connectivity index is 1.48. The van der Waals surface area contributed by atoms with Crippen molar-refractivity contribution in [3.05, 3.63) is 101 Å². The molecule has 3 aromatic rings. The molecule has 0 unspecified atom stereocenters. The summed E-state index contributed by atoms with van der Waals surface area (Å²) >= 11 is 0. The van der Waals surface area contributed by atoms with Crippen molar-refractivity contribution in [3.8, 4) is 0 Å². The number of sulfonamides is 1. The Morgan fingerprint density at radius 3 is 2.50 bits per heavy atom. The number of benzene rings is 3. The minimum atomic E-state index is -3.72. The van der Waals surface area contributed by atoms with Crippen LogP contribution in [0.1, 0.15) is 40.6 Å². The Morgan fingerprint density at radius 1 is 0.969 bits per heavy atom. The molecular formula is C26H25FN2O2S. The molecule has 0 saturated heterocycles. The molecule has 1 heterocycles. The van der Waals surface area contributed by atoms with E-state index in [9.17, 15) is 12.8 Å². The van der Waals surface area contributed by atoms with Gasteiger partial charge in [-0.1, -0.05) is 30.4 Å². The maximum absolute atomic E-state index is 13.4. The van der Waals surface area contributed by atoms with E-state index in [0.717, 1.165) is 34.4 Å². The highest BCUT2D eigenvalue weighted by atomic mass is 32.2. The number of hydrogen-bond donors (Lipinski definition) is 2. The van der Waals surface area contributed by atoms with Crippen molar-refractivity contribution in [1.82, 2.24) is 0 Å². The Hall–Kier alpha value is -3.12. The molecule has 0 bridgehead atoms. The van der Waals surface area contributed by atoms with Gasteiger partial charge in [-0.2, -0.15) is 0 Å². The van der Waals surface area contributed by atoms with Crippen molar-refractivity contribution in [2.45, 2.75) is 37.1 Å². The summed E-state index contributed by atoms with van der Waals surface area (Å²) < 4.78 is 42.3. The van der Waals surface area contributed by atoms with Crippen molar-refractivity contribution in [1.29, 1.82) is 0 Å². The van der Waals surface area contributed by atoms with Gasteiger partial charge >= 0.3 is 0 Å². The monoisotopic (exact) mass is 448 g/mol. The highest BCUT2D eigenvalue weighted by Gasteiger charge is 2.38. The molecule has 0 fully saturated rings. The van der Waals surface area contributed by atoms with Crippen LogP contribution in [0, 0.1) is 25.6 Å².